The number of para-hydroxylation sites is 2. The second kappa shape index (κ2) is 12.0. The maximum absolute atomic E-state index is 13.6. The van der Waals surface area contributed by atoms with Crippen molar-refractivity contribution in [2.24, 2.45) is 5.92 Å². The minimum atomic E-state index is -0.397. The molecule has 1 saturated carbocycles. The third kappa shape index (κ3) is 6.17. The summed E-state index contributed by atoms with van der Waals surface area (Å²) in [7, 11) is 0. The van der Waals surface area contributed by atoms with Crippen LogP contribution in [0.2, 0.25) is 0 Å². The summed E-state index contributed by atoms with van der Waals surface area (Å²) in [4.78, 5) is 28.5. The topological polar surface area (TPSA) is 70.7 Å². The Morgan fingerprint density at radius 1 is 0.941 bits per heavy atom. The van der Waals surface area contributed by atoms with Crippen LogP contribution in [0.25, 0.3) is 0 Å². The molecule has 0 bridgehead atoms. The van der Waals surface area contributed by atoms with Crippen molar-refractivity contribution >= 4 is 17.5 Å². The van der Waals surface area contributed by atoms with E-state index in [1.807, 2.05) is 61.5 Å². The first kappa shape index (κ1) is 24.3. The second-order valence-corrected chi connectivity index (χ2v) is 9.39. The van der Waals surface area contributed by atoms with Gasteiger partial charge in [-0.15, -0.1) is 0 Å². The molecule has 2 amide bonds. The summed E-state index contributed by atoms with van der Waals surface area (Å²) in [6.07, 6.45) is 7.32. The van der Waals surface area contributed by atoms with Crippen LogP contribution in [0.3, 0.4) is 0 Å². The fourth-order valence-corrected chi connectivity index (χ4v) is 5.20. The fraction of sp³-hybridized carbons (Fsp3) is 0.500. The molecule has 1 heterocycles. The van der Waals surface area contributed by atoms with Gasteiger partial charge in [-0.3, -0.25) is 14.5 Å². The smallest absolute Gasteiger partial charge is 0.246 e. The lowest BCUT2D eigenvalue weighted by Crippen LogP contribution is -2.49. The lowest BCUT2D eigenvalue weighted by Gasteiger charge is -2.37. The maximum atomic E-state index is 13.6. The Morgan fingerprint density at radius 3 is 2.32 bits per heavy atom. The number of carbonyl (C=O) groups is 2. The van der Waals surface area contributed by atoms with Crippen molar-refractivity contribution in [3.63, 3.8) is 0 Å². The molecule has 0 spiro atoms. The SMILES string of the molecule is CCOc1ccccc1NC(=O)C(c1ccccc1)N1CCC(NC(=O)C2CCCCC2)CC1. The van der Waals surface area contributed by atoms with Gasteiger partial charge < -0.3 is 15.4 Å². The van der Waals surface area contributed by atoms with E-state index in [0.29, 0.717) is 18.0 Å². The number of piperidine rings is 1. The number of nitrogens with zero attached hydrogens (tertiary/aromatic N) is 1. The normalized spacial score (nSPS) is 18.7. The van der Waals surface area contributed by atoms with Crippen LogP contribution in [0.4, 0.5) is 5.69 Å². The van der Waals surface area contributed by atoms with Crippen LogP contribution < -0.4 is 15.4 Å². The Labute approximate surface area is 203 Å². The van der Waals surface area contributed by atoms with Crippen molar-refractivity contribution in [2.75, 3.05) is 25.0 Å². The summed E-state index contributed by atoms with van der Waals surface area (Å²) in [6, 6.07) is 17.3. The number of hydrogen-bond donors (Lipinski definition) is 2. The zero-order chi connectivity index (χ0) is 23.8. The molecule has 1 aliphatic heterocycles. The average Bonchev–Trinajstić information content (AvgIpc) is 2.88. The van der Waals surface area contributed by atoms with Gasteiger partial charge in [0, 0.05) is 25.0 Å². The quantitative estimate of drug-likeness (QED) is 0.583. The van der Waals surface area contributed by atoms with E-state index in [1.165, 1.54) is 6.42 Å². The van der Waals surface area contributed by atoms with Crippen molar-refractivity contribution in [3.8, 4) is 5.75 Å². The monoisotopic (exact) mass is 463 g/mol. The summed E-state index contributed by atoms with van der Waals surface area (Å²) in [5, 5.41) is 6.40. The molecular weight excluding hydrogens is 426 g/mol. The molecule has 1 atom stereocenters. The Hall–Kier alpha value is -2.86. The van der Waals surface area contributed by atoms with E-state index in [0.717, 1.165) is 57.2 Å². The molecule has 34 heavy (non-hydrogen) atoms. The summed E-state index contributed by atoms with van der Waals surface area (Å²) < 4.78 is 5.70. The zero-order valence-corrected chi connectivity index (χ0v) is 20.2. The fourth-order valence-electron chi connectivity index (χ4n) is 5.20. The van der Waals surface area contributed by atoms with Crippen molar-refractivity contribution in [1.29, 1.82) is 0 Å². The molecular formula is C28H37N3O3. The van der Waals surface area contributed by atoms with Gasteiger partial charge in [0.2, 0.25) is 11.8 Å². The molecule has 4 rings (SSSR count). The van der Waals surface area contributed by atoms with Gasteiger partial charge in [-0.05, 0) is 50.3 Å². The maximum Gasteiger partial charge on any atom is 0.246 e. The van der Waals surface area contributed by atoms with Crippen molar-refractivity contribution in [2.45, 2.75) is 64.0 Å². The van der Waals surface area contributed by atoms with E-state index < -0.39 is 6.04 Å². The van der Waals surface area contributed by atoms with Crippen LogP contribution in [-0.2, 0) is 9.59 Å². The minimum absolute atomic E-state index is 0.0666. The first-order valence-corrected chi connectivity index (χ1v) is 12.8. The summed E-state index contributed by atoms with van der Waals surface area (Å²) in [6.45, 7) is 3.99. The molecule has 2 aromatic carbocycles. The molecule has 182 valence electrons. The third-order valence-electron chi connectivity index (χ3n) is 7.03. The van der Waals surface area contributed by atoms with Gasteiger partial charge in [-0.2, -0.15) is 0 Å². The molecule has 1 unspecified atom stereocenters. The Bertz CT molecular complexity index is 935. The molecule has 0 radical (unpaired) electrons. The van der Waals surface area contributed by atoms with Gasteiger partial charge in [0.1, 0.15) is 11.8 Å². The lowest BCUT2D eigenvalue weighted by atomic mass is 9.88. The van der Waals surface area contributed by atoms with E-state index in [4.69, 9.17) is 4.74 Å². The highest BCUT2D eigenvalue weighted by Gasteiger charge is 2.32. The zero-order valence-electron chi connectivity index (χ0n) is 20.2. The summed E-state index contributed by atoms with van der Waals surface area (Å²) >= 11 is 0. The Balaban J connectivity index is 1.42. The Kier molecular flexibility index (Phi) is 8.58. The molecule has 2 fully saturated rings. The highest BCUT2D eigenvalue weighted by molar-refractivity contribution is 5.96. The van der Waals surface area contributed by atoms with Gasteiger partial charge >= 0.3 is 0 Å². The van der Waals surface area contributed by atoms with Gasteiger partial charge in [0.15, 0.2) is 0 Å². The standard InChI is InChI=1S/C28H37N3O3/c1-2-34-25-16-10-9-15-24(25)30-28(33)26(21-11-5-3-6-12-21)31-19-17-23(18-20-31)29-27(32)22-13-7-4-8-14-22/h3,5-6,9-12,15-16,22-23,26H,2,4,7-8,13-14,17-20H2,1H3,(H,29,32)(H,30,33). The van der Waals surface area contributed by atoms with Crippen molar-refractivity contribution in [3.05, 3.63) is 60.2 Å². The van der Waals surface area contributed by atoms with Gasteiger partial charge in [0.05, 0.1) is 12.3 Å². The van der Waals surface area contributed by atoms with Gasteiger partial charge in [-0.25, -0.2) is 0 Å². The molecule has 6 heteroatoms. The number of benzene rings is 2. The predicted molar refractivity (Wildman–Crippen MR) is 135 cm³/mol. The first-order chi connectivity index (χ1) is 16.7. The molecule has 6 nitrogen and oxygen atoms in total. The minimum Gasteiger partial charge on any atom is -0.492 e. The van der Waals surface area contributed by atoms with Crippen molar-refractivity contribution in [1.82, 2.24) is 10.2 Å². The van der Waals surface area contributed by atoms with Gasteiger partial charge in [-0.1, -0.05) is 61.7 Å². The number of ether oxygens (including phenoxy) is 1. The lowest BCUT2D eigenvalue weighted by molar-refractivity contribution is -0.127. The average molecular weight is 464 g/mol. The van der Waals surface area contributed by atoms with Crippen LogP contribution >= 0.6 is 0 Å². The van der Waals surface area contributed by atoms with E-state index in [-0.39, 0.29) is 23.8 Å². The molecule has 2 aliphatic rings. The van der Waals surface area contributed by atoms with Crippen LogP contribution in [0.5, 0.6) is 5.75 Å². The summed E-state index contributed by atoms with van der Waals surface area (Å²) in [5.74, 6) is 1.01. The number of likely N-dealkylation sites (tertiary alicyclic amines) is 1. The predicted octanol–water partition coefficient (Wildman–Crippen LogP) is 4.93. The second-order valence-electron chi connectivity index (χ2n) is 9.39. The van der Waals surface area contributed by atoms with Crippen LogP contribution in [-0.4, -0.2) is 42.5 Å². The largest absolute Gasteiger partial charge is 0.492 e. The molecule has 2 N–H and O–H groups in total. The molecule has 1 saturated heterocycles. The number of anilines is 1. The van der Waals surface area contributed by atoms with Crippen LogP contribution in [0, 0.1) is 5.92 Å². The van der Waals surface area contributed by atoms with E-state index >= 15 is 0 Å². The van der Waals surface area contributed by atoms with E-state index in [1.54, 1.807) is 0 Å². The highest BCUT2D eigenvalue weighted by atomic mass is 16.5. The van der Waals surface area contributed by atoms with Gasteiger partial charge in [0.25, 0.3) is 0 Å². The van der Waals surface area contributed by atoms with E-state index in [2.05, 4.69) is 15.5 Å². The first-order valence-electron chi connectivity index (χ1n) is 12.8. The number of rotatable bonds is 8. The van der Waals surface area contributed by atoms with Crippen molar-refractivity contribution < 1.29 is 14.3 Å². The molecule has 1 aliphatic carbocycles. The molecule has 2 aromatic rings. The van der Waals surface area contributed by atoms with E-state index in [9.17, 15) is 9.59 Å². The van der Waals surface area contributed by atoms with Crippen LogP contribution in [0.1, 0.15) is 63.5 Å². The molecule has 0 aromatic heterocycles. The highest BCUT2D eigenvalue weighted by Crippen LogP contribution is 2.30. The number of nitrogens with one attached hydrogen (secondary N) is 2. The number of carbonyl (C=O) groups excluding carboxylic acids is 2. The number of hydrogen-bond acceptors (Lipinski definition) is 4. The van der Waals surface area contributed by atoms with Crippen LogP contribution in [0.15, 0.2) is 54.6 Å². The third-order valence-corrected chi connectivity index (χ3v) is 7.03. The number of amides is 2. The summed E-state index contributed by atoms with van der Waals surface area (Å²) in [5.41, 5.74) is 1.66. The Morgan fingerprint density at radius 2 is 1.62 bits per heavy atom.